The van der Waals surface area contributed by atoms with Crippen molar-refractivity contribution in [2.75, 3.05) is 18.5 Å². The molecule has 7 nitrogen and oxygen atoms in total. The lowest BCUT2D eigenvalue weighted by atomic mass is 9.95. The van der Waals surface area contributed by atoms with Gasteiger partial charge in [-0.25, -0.2) is 9.18 Å². The molecule has 0 aromatic heterocycles. The molecule has 1 heterocycles. The van der Waals surface area contributed by atoms with Crippen molar-refractivity contribution in [1.82, 2.24) is 10.6 Å². The summed E-state index contributed by atoms with van der Waals surface area (Å²) in [5.41, 5.74) is 3.86. The SMILES string of the molecule is C[C@H](OC(=O)NCCc1cccc(F)c1)C(=O)NC1C(=O)N(C)c2ccccc2-c2ccccc21. The van der Waals surface area contributed by atoms with Crippen LogP contribution in [0.15, 0.2) is 72.8 Å². The fraction of sp³-hybridized carbons (Fsp3) is 0.222. The van der Waals surface area contributed by atoms with Crippen molar-refractivity contribution in [3.8, 4) is 11.1 Å². The van der Waals surface area contributed by atoms with Crippen LogP contribution in [-0.2, 0) is 20.7 Å². The van der Waals surface area contributed by atoms with Crippen LogP contribution >= 0.6 is 0 Å². The number of hydrogen-bond donors (Lipinski definition) is 2. The van der Waals surface area contributed by atoms with Gasteiger partial charge in [0, 0.05) is 19.2 Å². The third-order valence-electron chi connectivity index (χ3n) is 5.92. The molecule has 0 spiro atoms. The quantitative estimate of drug-likeness (QED) is 0.565. The average molecular weight is 476 g/mol. The van der Waals surface area contributed by atoms with Crippen LogP contribution < -0.4 is 15.5 Å². The van der Waals surface area contributed by atoms with Crippen LogP contribution in [0.2, 0.25) is 0 Å². The van der Waals surface area contributed by atoms with E-state index in [1.807, 2.05) is 42.5 Å². The zero-order chi connectivity index (χ0) is 24.9. The number of carbonyl (C=O) groups is 3. The van der Waals surface area contributed by atoms with Gasteiger partial charge in [-0.1, -0.05) is 54.6 Å². The second-order valence-electron chi connectivity index (χ2n) is 8.30. The first-order valence-corrected chi connectivity index (χ1v) is 11.3. The lowest BCUT2D eigenvalue weighted by Crippen LogP contribution is -2.45. The number of nitrogens with one attached hydrogen (secondary N) is 2. The van der Waals surface area contributed by atoms with Crippen molar-refractivity contribution < 1.29 is 23.5 Å². The Kier molecular flexibility index (Phi) is 7.10. The minimum Gasteiger partial charge on any atom is -0.436 e. The topological polar surface area (TPSA) is 87.7 Å². The number of anilines is 1. The largest absolute Gasteiger partial charge is 0.436 e. The Hall–Kier alpha value is -4.20. The molecule has 1 aliphatic rings. The fourth-order valence-corrected chi connectivity index (χ4v) is 4.09. The van der Waals surface area contributed by atoms with Gasteiger partial charge in [0.15, 0.2) is 6.10 Å². The summed E-state index contributed by atoms with van der Waals surface area (Å²) in [5.74, 6) is -1.25. The van der Waals surface area contributed by atoms with Crippen molar-refractivity contribution in [3.05, 3.63) is 89.7 Å². The van der Waals surface area contributed by atoms with E-state index in [1.165, 1.54) is 24.0 Å². The summed E-state index contributed by atoms with van der Waals surface area (Å²) in [7, 11) is 1.66. The number of likely N-dealkylation sites (N-methyl/N-ethyl adjacent to an activating group) is 1. The minimum atomic E-state index is -1.14. The first-order valence-electron chi connectivity index (χ1n) is 11.3. The molecule has 2 N–H and O–H groups in total. The molecule has 2 atom stereocenters. The van der Waals surface area contributed by atoms with E-state index in [0.717, 1.165) is 22.4 Å². The molecule has 3 aromatic carbocycles. The highest BCUT2D eigenvalue weighted by Gasteiger charge is 2.34. The summed E-state index contributed by atoms with van der Waals surface area (Å²) >= 11 is 0. The van der Waals surface area contributed by atoms with Gasteiger partial charge in [-0.2, -0.15) is 0 Å². The van der Waals surface area contributed by atoms with Gasteiger partial charge in [0.25, 0.3) is 11.8 Å². The maximum atomic E-state index is 13.3. The number of fused-ring (bicyclic) bond motifs is 3. The predicted molar refractivity (Wildman–Crippen MR) is 130 cm³/mol. The summed E-state index contributed by atoms with van der Waals surface area (Å²) in [4.78, 5) is 39.9. The fourth-order valence-electron chi connectivity index (χ4n) is 4.09. The van der Waals surface area contributed by atoms with Crippen LogP contribution in [0.1, 0.15) is 24.1 Å². The molecular weight excluding hydrogens is 449 g/mol. The van der Waals surface area contributed by atoms with Crippen molar-refractivity contribution in [2.24, 2.45) is 0 Å². The van der Waals surface area contributed by atoms with Gasteiger partial charge in [-0.05, 0) is 48.2 Å². The van der Waals surface area contributed by atoms with Crippen LogP contribution in [0, 0.1) is 5.82 Å². The molecule has 8 heteroatoms. The third-order valence-corrected chi connectivity index (χ3v) is 5.92. The Bertz CT molecular complexity index is 1260. The number of hydrogen-bond acceptors (Lipinski definition) is 4. The smallest absolute Gasteiger partial charge is 0.407 e. The molecule has 0 saturated heterocycles. The first-order chi connectivity index (χ1) is 16.8. The van der Waals surface area contributed by atoms with Crippen LogP contribution in [0.3, 0.4) is 0 Å². The van der Waals surface area contributed by atoms with Crippen molar-refractivity contribution in [3.63, 3.8) is 0 Å². The molecule has 180 valence electrons. The Morgan fingerprint density at radius 3 is 2.51 bits per heavy atom. The maximum Gasteiger partial charge on any atom is 0.407 e. The van der Waals surface area contributed by atoms with Crippen molar-refractivity contribution in [2.45, 2.75) is 25.5 Å². The second-order valence-corrected chi connectivity index (χ2v) is 8.30. The van der Waals surface area contributed by atoms with E-state index in [1.54, 1.807) is 25.2 Å². The molecule has 3 aromatic rings. The number of rotatable bonds is 6. The van der Waals surface area contributed by atoms with Gasteiger partial charge >= 0.3 is 6.09 Å². The lowest BCUT2D eigenvalue weighted by Gasteiger charge is -2.24. The number of amides is 3. The highest BCUT2D eigenvalue weighted by Crippen LogP contribution is 2.39. The third kappa shape index (κ3) is 5.32. The first kappa shape index (κ1) is 23.9. The summed E-state index contributed by atoms with van der Waals surface area (Å²) in [6, 6.07) is 20.1. The molecule has 4 rings (SSSR count). The minimum absolute atomic E-state index is 0.216. The highest BCUT2D eigenvalue weighted by atomic mass is 19.1. The molecule has 0 bridgehead atoms. The Balaban J connectivity index is 1.41. The van der Waals surface area contributed by atoms with E-state index in [0.29, 0.717) is 12.0 Å². The Morgan fingerprint density at radius 2 is 1.74 bits per heavy atom. The van der Waals surface area contributed by atoms with Gasteiger partial charge in [0.05, 0.1) is 5.69 Å². The number of nitrogens with zero attached hydrogens (tertiary/aromatic N) is 1. The zero-order valence-corrected chi connectivity index (χ0v) is 19.5. The summed E-state index contributed by atoms with van der Waals surface area (Å²) in [6.07, 6.45) is -1.51. The van der Waals surface area contributed by atoms with Crippen LogP contribution in [-0.4, -0.2) is 37.6 Å². The highest BCUT2D eigenvalue weighted by molar-refractivity contribution is 6.06. The van der Waals surface area contributed by atoms with Gasteiger partial charge in [-0.3, -0.25) is 9.59 Å². The normalized spacial score (nSPS) is 15.3. The van der Waals surface area contributed by atoms with Gasteiger partial charge in [-0.15, -0.1) is 0 Å². The van der Waals surface area contributed by atoms with E-state index in [2.05, 4.69) is 10.6 Å². The standard InChI is InChI=1S/C27H26FN3O4/c1-17(35-27(34)29-15-14-18-8-7-9-19(28)16-18)25(32)30-24-22-12-4-3-10-20(22)21-11-5-6-13-23(21)31(2)26(24)33/h3-13,16-17,24H,14-15H2,1-2H3,(H,29,34)(H,30,32)/t17-,24?/m0/s1. The lowest BCUT2D eigenvalue weighted by molar-refractivity contribution is -0.132. The second kappa shape index (κ2) is 10.4. The van der Waals surface area contributed by atoms with Gasteiger partial charge in [0.1, 0.15) is 11.9 Å². The Labute approximate surface area is 202 Å². The summed E-state index contributed by atoms with van der Waals surface area (Å²) < 4.78 is 18.5. The Morgan fingerprint density at radius 1 is 1.03 bits per heavy atom. The van der Waals surface area contributed by atoms with E-state index in [4.69, 9.17) is 4.74 Å². The van der Waals surface area contributed by atoms with Gasteiger partial charge in [0.2, 0.25) is 0 Å². The van der Waals surface area contributed by atoms with Gasteiger partial charge < -0.3 is 20.3 Å². The van der Waals surface area contributed by atoms with Crippen LogP contribution in [0.4, 0.5) is 14.9 Å². The summed E-state index contributed by atoms with van der Waals surface area (Å²) in [6.45, 7) is 1.65. The maximum absolute atomic E-state index is 13.3. The average Bonchev–Trinajstić information content (AvgIpc) is 2.94. The monoisotopic (exact) mass is 475 g/mol. The number of ether oxygens (including phenoxy) is 1. The predicted octanol–water partition coefficient (Wildman–Crippen LogP) is 3.98. The molecule has 0 aliphatic carbocycles. The van der Waals surface area contributed by atoms with Crippen LogP contribution in [0.5, 0.6) is 0 Å². The van der Waals surface area contributed by atoms with E-state index in [9.17, 15) is 18.8 Å². The number of alkyl carbamates (subject to hydrolysis) is 1. The molecule has 3 amide bonds. The number of benzene rings is 3. The molecule has 0 radical (unpaired) electrons. The van der Waals surface area contributed by atoms with E-state index in [-0.39, 0.29) is 18.3 Å². The molecule has 0 fully saturated rings. The number of para-hydroxylation sites is 1. The molecule has 0 saturated carbocycles. The molecule has 1 unspecified atom stereocenters. The molecular formula is C27H26FN3O4. The molecule has 35 heavy (non-hydrogen) atoms. The van der Waals surface area contributed by atoms with Crippen molar-refractivity contribution >= 4 is 23.6 Å². The molecule has 1 aliphatic heterocycles. The van der Waals surface area contributed by atoms with Crippen LogP contribution in [0.25, 0.3) is 11.1 Å². The van der Waals surface area contributed by atoms with E-state index < -0.39 is 24.1 Å². The number of halogens is 1. The zero-order valence-electron chi connectivity index (χ0n) is 19.5. The summed E-state index contributed by atoms with van der Waals surface area (Å²) in [5, 5.41) is 5.30. The number of carbonyl (C=O) groups excluding carboxylic acids is 3. The van der Waals surface area contributed by atoms with E-state index >= 15 is 0 Å². The van der Waals surface area contributed by atoms with Crippen molar-refractivity contribution in [1.29, 1.82) is 0 Å².